The minimum atomic E-state index is -4.72. The molecule has 0 radical (unpaired) electrons. The van der Waals surface area contributed by atoms with Crippen molar-refractivity contribution in [3.05, 3.63) is 47.5 Å². The molecule has 0 saturated carbocycles. The number of hydrogen-bond donors (Lipinski definition) is 2. The summed E-state index contributed by atoms with van der Waals surface area (Å²) in [7, 11) is 0. The average Bonchev–Trinajstić information content (AvgIpc) is 3.05. The second-order valence-electron chi connectivity index (χ2n) is 6.84. The van der Waals surface area contributed by atoms with E-state index in [-0.39, 0.29) is 12.5 Å². The SMILES string of the molecule is O=C(N[C@H]1CC=CC[C@@H]2CC[C@@H](C(=O)O)N2C1=O)c1ccccc1C(F)(F)F. The molecule has 0 aliphatic carbocycles. The Morgan fingerprint density at radius 2 is 1.79 bits per heavy atom. The number of rotatable bonds is 3. The lowest BCUT2D eigenvalue weighted by Gasteiger charge is -2.33. The first-order chi connectivity index (χ1) is 13.2. The van der Waals surface area contributed by atoms with E-state index >= 15 is 0 Å². The molecule has 1 saturated heterocycles. The molecule has 9 heteroatoms. The molecule has 0 spiro atoms. The van der Waals surface area contributed by atoms with Gasteiger partial charge < -0.3 is 15.3 Å². The van der Waals surface area contributed by atoms with E-state index in [9.17, 15) is 32.7 Å². The number of halogens is 3. The number of nitrogens with one attached hydrogen (secondary N) is 1. The maximum Gasteiger partial charge on any atom is 0.417 e. The topological polar surface area (TPSA) is 86.7 Å². The quantitative estimate of drug-likeness (QED) is 0.769. The number of carboxylic acid groups (broad SMARTS) is 1. The largest absolute Gasteiger partial charge is 0.480 e. The molecule has 3 rings (SSSR count). The predicted octanol–water partition coefficient (Wildman–Crippen LogP) is 2.60. The van der Waals surface area contributed by atoms with Crippen molar-refractivity contribution >= 4 is 17.8 Å². The smallest absolute Gasteiger partial charge is 0.417 e. The zero-order valence-electron chi connectivity index (χ0n) is 14.8. The Balaban J connectivity index is 1.86. The maximum absolute atomic E-state index is 13.2. The van der Waals surface area contributed by atoms with E-state index in [0.29, 0.717) is 19.3 Å². The first-order valence-corrected chi connectivity index (χ1v) is 8.87. The fraction of sp³-hybridized carbons (Fsp3) is 0.421. The number of carbonyl (C=O) groups is 3. The molecule has 2 aliphatic rings. The number of carboxylic acids is 1. The van der Waals surface area contributed by atoms with Gasteiger partial charge in [-0.25, -0.2) is 4.79 Å². The normalized spacial score (nSPS) is 25.0. The van der Waals surface area contributed by atoms with Crippen molar-refractivity contribution in [1.29, 1.82) is 0 Å². The van der Waals surface area contributed by atoms with E-state index < -0.39 is 47.2 Å². The summed E-state index contributed by atoms with van der Waals surface area (Å²) in [5, 5.41) is 11.7. The van der Waals surface area contributed by atoms with Crippen molar-refractivity contribution in [2.75, 3.05) is 0 Å². The lowest BCUT2D eigenvalue weighted by atomic mass is 10.0. The molecule has 2 N–H and O–H groups in total. The Morgan fingerprint density at radius 3 is 2.46 bits per heavy atom. The molecular weight excluding hydrogens is 377 g/mol. The zero-order chi connectivity index (χ0) is 20.5. The number of carbonyl (C=O) groups excluding carboxylic acids is 2. The van der Waals surface area contributed by atoms with Crippen LogP contribution in [0.5, 0.6) is 0 Å². The number of nitrogens with zero attached hydrogens (tertiary/aromatic N) is 1. The molecule has 2 aliphatic heterocycles. The molecule has 0 bridgehead atoms. The molecule has 28 heavy (non-hydrogen) atoms. The maximum atomic E-state index is 13.2. The van der Waals surface area contributed by atoms with Crippen LogP contribution in [0, 0.1) is 0 Å². The highest BCUT2D eigenvalue weighted by molar-refractivity contribution is 5.99. The summed E-state index contributed by atoms with van der Waals surface area (Å²) >= 11 is 0. The third kappa shape index (κ3) is 3.88. The first kappa shape index (κ1) is 19.9. The number of aliphatic carboxylic acids is 1. The van der Waals surface area contributed by atoms with Crippen LogP contribution < -0.4 is 5.32 Å². The third-order valence-corrected chi connectivity index (χ3v) is 5.07. The highest BCUT2D eigenvalue weighted by atomic mass is 19.4. The van der Waals surface area contributed by atoms with Gasteiger partial charge in [0, 0.05) is 6.04 Å². The molecule has 150 valence electrons. The molecule has 2 amide bonds. The number of fused-ring (bicyclic) bond motifs is 1. The Kier molecular flexibility index (Phi) is 5.44. The molecule has 1 aromatic carbocycles. The Morgan fingerprint density at radius 1 is 1.11 bits per heavy atom. The highest BCUT2D eigenvalue weighted by Gasteiger charge is 2.43. The second kappa shape index (κ2) is 7.65. The summed E-state index contributed by atoms with van der Waals surface area (Å²) in [6.45, 7) is 0. The van der Waals surface area contributed by atoms with Crippen molar-refractivity contribution in [2.45, 2.75) is 50.0 Å². The molecular formula is C19H19F3N2O4. The summed E-state index contributed by atoms with van der Waals surface area (Å²) in [5.74, 6) is -2.74. The zero-order valence-corrected chi connectivity index (χ0v) is 14.8. The molecule has 1 fully saturated rings. The monoisotopic (exact) mass is 396 g/mol. The van der Waals surface area contributed by atoms with E-state index in [0.717, 1.165) is 12.1 Å². The number of alkyl halides is 3. The number of amides is 2. The summed E-state index contributed by atoms with van der Waals surface area (Å²) in [6.07, 6.45) is 0.178. The number of benzene rings is 1. The van der Waals surface area contributed by atoms with Crippen LogP contribution in [-0.2, 0) is 15.8 Å². The van der Waals surface area contributed by atoms with Crippen molar-refractivity contribution in [3.8, 4) is 0 Å². The van der Waals surface area contributed by atoms with Crippen molar-refractivity contribution in [3.63, 3.8) is 0 Å². The molecule has 2 heterocycles. The summed E-state index contributed by atoms with van der Waals surface area (Å²) in [4.78, 5) is 38.2. The first-order valence-electron chi connectivity index (χ1n) is 8.87. The van der Waals surface area contributed by atoms with Crippen molar-refractivity contribution < 1.29 is 32.7 Å². The number of hydrogen-bond acceptors (Lipinski definition) is 3. The van der Waals surface area contributed by atoms with Crippen LogP contribution in [-0.4, -0.2) is 45.9 Å². The summed E-state index contributed by atoms with van der Waals surface area (Å²) in [5.41, 5.74) is -1.68. The van der Waals surface area contributed by atoms with Crippen molar-refractivity contribution in [2.24, 2.45) is 0 Å². The lowest BCUT2D eigenvalue weighted by Crippen LogP contribution is -2.54. The van der Waals surface area contributed by atoms with Gasteiger partial charge in [0.05, 0.1) is 11.1 Å². The fourth-order valence-electron chi connectivity index (χ4n) is 3.74. The fourth-order valence-corrected chi connectivity index (χ4v) is 3.74. The van der Waals surface area contributed by atoms with Gasteiger partial charge in [0.1, 0.15) is 12.1 Å². The van der Waals surface area contributed by atoms with Gasteiger partial charge in [-0.1, -0.05) is 24.3 Å². The van der Waals surface area contributed by atoms with Gasteiger partial charge in [-0.3, -0.25) is 9.59 Å². The minimum Gasteiger partial charge on any atom is -0.480 e. The van der Waals surface area contributed by atoms with Gasteiger partial charge in [0.25, 0.3) is 5.91 Å². The van der Waals surface area contributed by atoms with Gasteiger partial charge >= 0.3 is 12.1 Å². The predicted molar refractivity (Wildman–Crippen MR) is 92.4 cm³/mol. The third-order valence-electron chi connectivity index (χ3n) is 5.07. The van der Waals surface area contributed by atoms with Gasteiger partial charge in [-0.15, -0.1) is 0 Å². The van der Waals surface area contributed by atoms with Gasteiger partial charge in [0.2, 0.25) is 5.91 Å². The van der Waals surface area contributed by atoms with Crippen LogP contribution in [0.3, 0.4) is 0 Å². The van der Waals surface area contributed by atoms with Gasteiger partial charge in [-0.2, -0.15) is 13.2 Å². The Labute approximate surface area is 159 Å². The minimum absolute atomic E-state index is 0.0777. The van der Waals surface area contributed by atoms with Crippen LogP contribution in [0.4, 0.5) is 13.2 Å². The average molecular weight is 396 g/mol. The van der Waals surface area contributed by atoms with E-state index in [1.54, 1.807) is 12.2 Å². The van der Waals surface area contributed by atoms with Crippen LogP contribution in [0.15, 0.2) is 36.4 Å². The Bertz CT molecular complexity index is 822. The van der Waals surface area contributed by atoms with Crippen LogP contribution in [0.25, 0.3) is 0 Å². The second-order valence-corrected chi connectivity index (χ2v) is 6.84. The van der Waals surface area contributed by atoms with E-state index in [4.69, 9.17) is 0 Å². The lowest BCUT2D eigenvalue weighted by molar-refractivity contribution is -0.150. The summed E-state index contributed by atoms with van der Waals surface area (Å²) in [6, 6.07) is 1.90. The molecule has 3 atom stereocenters. The molecule has 0 unspecified atom stereocenters. The van der Waals surface area contributed by atoms with Gasteiger partial charge in [0.15, 0.2) is 0 Å². The van der Waals surface area contributed by atoms with E-state index in [1.807, 2.05) is 0 Å². The highest BCUT2D eigenvalue weighted by Crippen LogP contribution is 2.32. The van der Waals surface area contributed by atoms with Crippen LogP contribution in [0.2, 0.25) is 0 Å². The van der Waals surface area contributed by atoms with E-state index in [2.05, 4.69) is 5.32 Å². The summed E-state index contributed by atoms with van der Waals surface area (Å²) < 4.78 is 39.5. The molecule has 6 nitrogen and oxygen atoms in total. The van der Waals surface area contributed by atoms with Crippen molar-refractivity contribution in [1.82, 2.24) is 10.2 Å². The molecule has 0 aromatic heterocycles. The van der Waals surface area contributed by atoms with Crippen LogP contribution >= 0.6 is 0 Å². The standard InChI is InChI=1S/C19H19F3N2O4/c20-19(21,22)13-7-3-2-6-12(13)16(25)23-14-8-4-1-5-11-9-10-15(18(27)28)24(11)17(14)26/h1-4,6-7,11,14-15H,5,8-10H2,(H,23,25)(H,27,28)/t11-,14+,15+/m1/s1. The van der Waals surface area contributed by atoms with E-state index in [1.165, 1.54) is 17.0 Å². The molecule has 1 aromatic rings. The van der Waals surface area contributed by atoms with Crippen LogP contribution in [0.1, 0.15) is 41.6 Å². The Hall–Kier alpha value is -2.84. The van der Waals surface area contributed by atoms with Gasteiger partial charge in [-0.05, 0) is 37.8 Å².